The highest BCUT2D eigenvalue weighted by molar-refractivity contribution is 4.61. The van der Waals surface area contributed by atoms with Crippen molar-refractivity contribution in [3.05, 3.63) is 0 Å². The first-order valence-electron chi connectivity index (χ1n) is 19.1. The maximum Gasteiger partial charge on any atom is 0.0774 e. The van der Waals surface area contributed by atoms with Crippen molar-refractivity contribution in [2.24, 2.45) is 5.92 Å². The summed E-state index contributed by atoms with van der Waals surface area (Å²) in [7, 11) is 0. The van der Waals surface area contributed by atoms with Gasteiger partial charge >= 0.3 is 0 Å². The molecular formula is C38H78O4. The molecule has 0 aromatic carbocycles. The van der Waals surface area contributed by atoms with Crippen molar-refractivity contribution in [1.82, 2.24) is 0 Å². The van der Waals surface area contributed by atoms with Crippen molar-refractivity contribution in [2.45, 2.75) is 213 Å². The zero-order chi connectivity index (χ0) is 30.8. The number of hydrogen-bond donors (Lipinski definition) is 2. The molecule has 0 aliphatic carbocycles. The van der Waals surface area contributed by atoms with Crippen LogP contribution in [-0.4, -0.2) is 48.8 Å². The van der Waals surface area contributed by atoms with E-state index in [-0.39, 0.29) is 0 Å². The monoisotopic (exact) mass is 599 g/mol. The minimum Gasteiger partial charge on any atom is -0.391 e. The fourth-order valence-electron chi connectivity index (χ4n) is 5.74. The van der Waals surface area contributed by atoms with Gasteiger partial charge in [-0.05, 0) is 31.6 Å². The van der Waals surface area contributed by atoms with E-state index in [0.29, 0.717) is 26.1 Å². The Hall–Kier alpha value is -0.160. The van der Waals surface area contributed by atoms with Crippen LogP contribution in [0.2, 0.25) is 0 Å². The molecule has 2 N–H and O–H groups in total. The molecule has 0 spiro atoms. The molecule has 2 atom stereocenters. The van der Waals surface area contributed by atoms with Crippen molar-refractivity contribution in [2.75, 3.05) is 26.4 Å². The summed E-state index contributed by atoms with van der Waals surface area (Å²) >= 11 is 0. The number of hydrogen-bond acceptors (Lipinski definition) is 4. The highest BCUT2D eigenvalue weighted by atomic mass is 16.5. The van der Waals surface area contributed by atoms with Gasteiger partial charge in [0.05, 0.1) is 25.4 Å². The van der Waals surface area contributed by atoms with Gasteiger partial charge in [-0.2, -0.15) is 0 Å². The molecule has 0 radical (unpaired) electrons. The zero-order valence-corrected chi connectivity index (χ0v) is 29.1. The summed E-state index contributed by atoms with van der Waals surface area (Å²) in [5, 5.41) is 20.3. The first kappa shape index (κ1) is 41.8. The second-order valence-electron chi connectivity index (χ2n) is 13.7. The van der Waals surface area contributed by atoms with E-state index in [1.807, 2.05) is 0 Å². The van der Waals surface area contributed by atoms with Gasteiger partial charge in [0.1, 0.15) is 0 Å². The maximum atomic E-state index is 10.1. The van der Waals surface area contributed by atoms with Gasteiger partial charge in [0, 0.05) is 13.2 Å². The molecule has 0 bridgehead atoms. The van der Waals surface area contributed by atoms with E-state index >= 15 is 0 Å². The van der Waals surface area contributed by atoms with Crippen molar-refractivity contribution in [1.29, 1.82) is 0 Å². The van der Waals surface area contributed by atoms with E-state index < -0.39 is 12.2 Å². The minimum absolute atomic E-state index is 0.379. The number of unbranched alkanes of at least 4 members (excludes halogenated alkanes) is 23. The van der Waals surface area contributed by atoms with Crippen LogP contribution in [0.1, 0.15) is 201 Å². The van der Waals surface area contributed by atoms with Gasteiger partial charge in [-0.25, -0.2) is 0 Å². The molecule has 0 heterocycles. The molecule has 0 saturated carbocycles. The third-order valence-corrected chi connectivity index (χ3v) is 8.67. The van der Waals surface area contributed by atoms with Crippen LogP contribution in [0.4, 0.5) is 0 Å². The lowest BCUT2D eigenvalue weighted by molar-refractivity contribution is 0.00316. The lowest BCUT2D eigenvalue weighted by atomic mass is 10.0. The summed E-state index contributed by atoms with van der Waals surface area (Å²) in [6.07, 6.45) is 35.4. The van der Waals surface area contributed by atoms with Gasteiger partial charge in [-0.1, -0.05) is 175 Å². The summed E-state index contributed by atoms with van der Waals surface area (Å²) in [5.74, 6) is 0.859. The SMILES string of the molecule is CCCCCCCCCCCCCCCCOCC(O)CCC(O)COCCCCCCCCCCCCCC(C)C. The van der Waals surface area contributed by atoms with Crippen LogP contribution in [0.25, 0.3) is 0 Å². The first-order chi connectivity index (χ1) is 20.6. The normalized spacial score (nSPS) is 13.3. The molecule has 0 aromatic rings. The van der Waals surface area contributed by atoms with E-state index in [2.05, 4.69) is 20.8 Å². The molecule has 0 aliphatic heterocycles. The second-order valence-corrected chi connectivity index (χ2v) is 13.7. The first-order valence-corrected chi connectivity index (χ1v) is 19.1. The maximum absolute atomic E-state index is 10.1. The Balaban J connectivity index is 3.26. The summed E-state index contributed by atoms with van der Waals surface area (Å²) in [6.45, 7) is 9.15. The quantitative estimate of drug-likeness (QED) is 0.0704. The molecule has 0 rings (SSSR count). The summed E-state index contributed by atoms with van der Waals surface area (Å²) in [4.78, 5) is 0. The molecule has 42 heavy (non-hydrogen) atoms. The molecule has 0 amide bonds. The number of ether oxygens (including phenoxy) is 2. The lowest BCUT2D eigenvalue weighted by Gasteiger charge is -2.15. The largest absolute Gasteiger partial charge is 0.391 e. The molecule has 4 heteroatoms. The van der Waals surface area contributed by atoms with Gasteiger partial charge in [0.2, 0.25) is 0 Å². The average Bonchev–Trinajstić information content (AvgIpc) is 2.97. The van der Waals surface area contributed by atoms with Crippen LogP contribution in [0.3, 0.4) is 0 Å². The van der Waals surface area contributed by atoms with E-state index in [9.17, 15) is 10.2 Å². The fraction of sp³-hybridized carbons (Fsp3) is 1.00. The number of aliphatic hydroxyl groups excluding tert-OH is 2. The Bertz CT molecular complexity index is 484. The van der Waals surface area contributed by atoms with Crippen LogP contribution < -0.4 is 0 Å². The van der Waals surface area contributed by atoms with Crippen LogP contribution in [0.15, 0.2) is 0 Å². The van der Waals surface area contributed by atoms with Crippen molar-refractivity contribution in [3.8, 4) is 0 Å². The van der Waals surface area contributed by atoms with E-state index in [0.717, 1.165) is 32.0 Å². The van der Waals surface area contributed by atoms with Crippen LogP contribution >= 0.6 is 0 Å². The van der Waals surface area contributed by atoms with Crippen LogP contribution in [0.5, 0.6) is 0 Å². The Morgan fingerprint density at radius 2 is 0.667 bits per heavy atom. The summed E-state index contributed by atoms with van der Waals surface area (Å²) in [6, 6.07) is 0. The highest BCUT2D eigenvalue weighted by Gasteiger charge is 2.10. The zero-order valence-electron chi connectivity index (χ0n) is 29.1. The molecule has 0 fully saturated rings. The lowest BCUT2D eigenvalue weighted by Crippen LogP contribution is -2.21. The van der Waals surface area contributed by atoms with E-state index in [1.165, 1.54) is 154 Å². The van der Waals surface area contributed by atoms with Gasteiger partial charge in [-0.3, -0.25) is 0 Å². The number of rotatable bonds is 36. The van der Waals surface area contributed by atoms with Crippen LogP contribution in [-0.2, 0) is 9.47 Å². The van der Waals surface area contributed by atoms with Gasteiger partial charge in [0.15, 0.2) is 0 Å². The number of aliphatic hydroxyl groups is 2. The summed E-state index contributed by atoms with van der Waals surface area (Å²) in [5.41, 5.74) is 0. The van der Waals surface area contributed by atoms with Crippen molar-refractivity contribution >= 4 is 0 Å². The summed E-state index contributed by atoms with van der Waals surface area (Å²) < 4.78 is 11.3. The molecular weight excluding hydrogens is 520 g/mol. The topological polar surface area (TPSA) is 58.9 Å². The van der Waals surface area contributed by atoms with Gasteiger partial charge in [-0.15, -0.1) is 0 Å². The molecule has 0 saturated heterocycles. The van der Waals surface area contributed by atoms with Gasteiger partial charge in [0.25, 0.3) is 0 Å². The third kappa shape index (κ3) is 36.0. The molecule has 2 unspecified atom stereocenters. The average molecular weight is 599 g/mol. The standard InChI is InChI=1S/C38H78O4/c1-4-5-6-7-8-9-10-11-12-15-18-21-24-27-32-41-34-37(39)30-31-38(40)35-42-33-28-25-22-19-16-13-14-17-20-23-26-29-36(2)3/h36-40H,4-35H2,1-3H3. The van der Waals surface area contributed by atoms with E-state index in [1.54, 1.807) is 0 Å². The molecule has 0 aromatic heterocycles. The molecule has 254 valence electrons. The van der Waals surface area contributed by atoms with Crippen LogP contribution in [0, 0.1) is 5.92 Å². The Morgan fingerprint density at radius 3 is 0.976 bits per heavy atom. The second kappa shape index (κ2) is 35.3. The molecule has 0 aliphatic rings. The Morgan fingerprint density at radius 1 is 0.381 bits per heavy atom. The third-order valence-electron chi connectivity index (χ3n) is 8.67. The Labute approximate surface area is 264 Å². The predicted molar refractivity (Wildman–Crippen MR) is 183 cm³/mol. The van der Waals surface area contributed by atoms with Crippen molar-refractivity contribution in [3.63, 3.8) is 0 Å². The van der Waals surface area contributed by atoms with Gasteiger partial charge < -0.3 is 19.7 Å². The fourth-order valence-corrected chi connectivity index (χ4v) is 5.74. The Kier molecular flexibility index (Phi) is 35.2. The minimum atomic E-state index is -0.490. The highest BCUT2D eigenvalue weighted by Crippen LogP contribution is 2.15. The predicted octanol–water partition coefficient (Wildman–Crippen LogP) is 11.3. The molecule has 4 nitrogen and oxygen atoms in total. The smallest absolute Gasteiger partial charge is 0.0774 e. The van der Waals surface area contributed by atoms with E-state index in [4.69, 9.17) is 9.47 Å². The van der Waals surface area contributed by atoms with Crippen molar-refractivity contribution < 1.29 is 19.7 Å².